The second-order valence-electron chi connectivity index (χ2n) is 9.41. The van der Waals surface area contributed by atoms with Gasteiger partial charge in [-0.15, -0.1) is 0 Å². The first-order valence-electron chi connectivity index (χ1n) is 12.6. The predicted octanol–water partition coefficient (Wildman–Crippen LogP) is 4.45. The van der Waals surface area contributed by atoms with Gasteiger partial charge in [0.25, 0.3) is 0 Å². The average molecular weight is 491 g/mol. The van der Waals surface area contributed by atoms with Crippen LogP contribution in [0, 0.1) is 0 Å². The molecule has 0 saturated heterocycles. The molecule has 0 aromatic carbocycles. The minimum Gasteiger partial charge on any atom is -1.00 e. The second-order valence-corrected chi connectivity index (χ2v) is 9.41. The maximum absolute atomic E-state index is 10.9. The highest BCUT2D eigenvalue weighted by Gasteiger charge is 2.13. The first-order valence-corrected chi connectivity index (χ1v) is 12.6. The molecule has 30 heavy (non-hydrogen) atoms. The summed E-state index contributed by atoms with van der Waals surface area (Å²) in [6.45, 7) is 8.90. The number of nitrogens with zero attached hydrogens (tertiary/aromatic N) is 1. The predicted molar refractivity (Wildman–Crippen MR) is 127 cm³/mol. The van der Waals surface area contributed by atoms with Crippen LogP contribution in [-0.4, -0.2) is 44.2 Å². The summed E-state index contributed by atoms with van der Waals surface area (Å²) in [5.41, 5.74) is 0. The standard InChI is InChI=1S/C26H52NO2.BrH/c1-5-7-8-9-10-14-17-20-23-27(3,4)24-21-18-15-12-11-13-16-19-22-25-29-26(28)6-2;/h6H,2,5,7-25H2,1,3-4H3;1H/q+1;/p-1. The number of ether oxygens (including phenoxy) is 1. The Bertz CT molecular complexity index is 385. The van der Waals surface area contributed by atoms with Crippen LogP contribution < -0.4 is 17.0 Å². The van der Waals surface area contributed by atoms with E-state index < -0.39 is 0 Å². The Hall–Kier alpha value is -0.350. The average Bonchev–Trinajstić information content (AvgIpc) is 2.70. The zero-order valence-corrected chi connectivity index (χ0v) is 22.2. The van der Waals surface area contributed by atoms with Gasteiger partial charge in [0, 0.05) is 6.08 Å². The first kappa shape index (κ1) is 31.8. The topological polar surface area (TPSA) is 26.3 Å². The molecule has 0 aromatic rings. The minimum absolute atomic E-state index is 0. The van der Waals surface area contributed by atoms with E-state index in [-0.39, 0.29) is 23.0 Å². The van der Waals surface area contributed by atoms with Crippen molar-refractivity contribution in [3.8, 4) is 0 Å². The highest BCUT2D eigenvalue weighted by Crippen LogP contribution is 2.13. The van der Waals surface area contributed by atoms with Crippen molar-refractivity contribution in [2.45, 2.75) is 116 Å². The van der Waals surface area contributed by atoms with Gasteiger partial charge in [0.05, 0.1) is 33.8 Å². The van der Waals surface area contributed by atoms with Gasteiger partial charge in [-0.05, 0) is 32.1 Å². The molecule has 0 N–H and O–H groups in total. The third-order valence-corrected chi connectivity index (χ3v) is 5.94. The fourth-order valence-corrected chi connectivity index (χ4v) is 3.90. The van der Waals surface area contributed by atoms with Gasteiger partial charge in [0.15, 0.2) is 0 Å². The quantitative estimate of drug-likeness (QED) is 0.0971. The SMILES string of the molecule is C=CC(=O)OCCCCCCCCCCC[N+](C)(C)CCCCCCCCCC.[Br-]. The summed E-state index contributed by atoms with van der Waals surface area (Å²) in [7, 11) is 4.82. The van der Waals surface area contributed by atoms with Gasteiger partial charge in [0.1, 0.15) is 0 Å². The van der Waals surface area contributed by atoms with E-state index in [9.17, 15) is 4.79 Å². The van der Waals surface area contributed by atoms with E-state index in [1.807, 2.05) is 0 Å². The van der Waals surface area contributed by atoms with Crippen molar-refractivity contribution in [2.24, 2.45) is 0 Å². The molecule has 0 aliphatic carbocycles. The molecular formula is C26H52BrNO2. The number of quaternary nitrogens is 1. The number of carbonyl (C=O) groups is 1. The number of hydrogen-bond acceptors (Lipinski definition) is 2. The van der Waals surface area contributed by atoms with Crippen LogP contribution in [0.15, 0.2) is 12.7 Å². The van der Waals surface area contributed by atoms with E-state index in [2.05, 4.69) is 27.6 Å². The molecule has 0 rings (SSSR count). The molecule has 0 unspecified atom stereocenters. The van der Waals surface area contributed by atoms with E-state index in [4.69, 9.17) is 4.74 Å². The van der Waals surface area contributed by atoms with Crippen LogP contribution >= 0.6 is 0 Å². The fraction of sp³-hybridized carbons (Fsp3) is 0.885. The van der Waals surface area contributed by atoms with E-state index in [1.54, 1.807) is 0 Å². The number of carbonyl (C=O) groups excluding carboxylic acids is 1. The van der Waals surface area contributed by atoms with Crippen molar-refractivity contribution < 1.29 is 31.0 Å². The monoisotopic (exact) mass is 489 g/mol. The number of esters is 1. The largest absolute Gasteiger partial charge is 1.00 e. The van der Waals surface area contributed by atoms with E-state index in [0.717, 1.165) is 12.8 Å². The summed E-state index contributed by atoms with van der Waals surface area (Å²) < 4.78 is 6.19. The number of halogens is 1. The van der Waals surface area contributed by atoms with Crippen LogP contribution in [0.4, 0.5) is 0 Å². The van der Waals surface area contributed by atoms with Crippen molar-refractivity contribution in [3.63, 3.8) is 0 Å². The van der Waals surface area contributed by atoms with Gasteiger partial charge in [-0.1, -0.05) is 90.6 Å². The lowest BCUT2D eigenvalue weighted by atomic mass is 10.1. The lowest BCUT2D eigenvalue weighted by molar-refractivity contribution is -0.890. The molecule has 0 bridgehead atoms. The molecule has 0 heterocycles. The fourth-order valence-electron chi connectivity index (χ4n) is 3.90. The van der Waals surface area contributed by atoms with Gasteiger partial charge in [-0.2, -0.15) is 0 Å². The van der Waals surface area contributed by atoms with Crippen LogP contribution in [0.25, 0.3) is 0 Å². The van der Waals surface area contributed by atoms with Crippen molar-refractivity contribution in [1.82, 2.24) is 0 Å². The molecule has 180 valence electrons. The van der Waals surface area contributed by atoms with Crippen molar-refractivity contribution in [3.05, 3.63) is 12.7 Å². The van der Waals surface area contributed by atoms with Crippen LogP contribution in [0.1, 0.15) is 116 Å². The lowest BCUT2D eigenvalue weighted by Crippen LogP contribution is -3.00. The van der Waals surface area contributed by atoms with Crippen LogP contribution in [0.2, 0.25) is 0 Å². The Morgan fingerprint density at radius 2 is 1.07 bits per heavy atom. The van der Waals surface area contributed by atoms with Crippen LogP contribution in [0.3, 0.4) is 0 Å². The summed E-state index contributed by atoms with van der Waals surface area (Å²) in [6.07, 6.45) is 24.1. The maximum Gasteiger partial charge on any atom is 0.330 e. The Kier molecular flexibility index (Phi) is 24.7. The molecule has 0 saturated carbocycles. The maximum atomic E-state index is 10.9. The Balaban J connectivity index is 0. The van der Waals surface area contributed by atoms with E-state index >= 15 is 0 Å². The second kappa shape index (κ2) is 23.3. The first-order chi connectivity index (χ1) is 14.0. The minimum atomic E-state index is -0.301. The molecule has 0 spiro atoms. The smallest absolute Gasteiger partial charge is 0.330 e. The van der Waals surface area contributed by atoms with Gasteiger partial charge in [-0.3, -0.25) is 0 Å². The molecule has 0 aliphatic rings. The molecule has 0 atom stereocenters. The summed E-state index contributed by atoms with van der Waals surface area (Å²) in [6, 6.07) is 0. The number of unbranched alkanes of at least 4 members (excludes halogenated alkanes) is 15. The van der Waals surface area contributed by atoms with Gasteiger partial charge >= 0.3 is 5.97 Å². The lowest BCUT2D eigenvalue weighted by Gasteiger charge is -2.30. The summed E-state index contributed by atoms with van der Waals surface area (Å²) in [5.74, 6) is -0.301. The molecule has 3 nitrogen and oxygen atoms in total. The van der Waals surface area contributed by atoms with Crippen molar-refractivity contribution in [2.75, 3.05) is 33.8 Å². The third kappa shape index (κ3) is 23.9. The summed E-state index contributed by atoms with van der Waals surface area (Å²) >= 11 is 0. The molecule has 0 amide bonds. The normalized spacial score (nSPS) is 11.2. The highest BCUT2D eigenvalue weighted by atomic mass is 79.9. The molecule has 0 radical (unpaired) electrons. The zero-order chi connectivity index (χ0) is 21.6. The molecule has 0 fully saturated rings. The van der Waals surface area contributed by atoms with Crippen molar-refractivity contribution >= 4 is 5.97 Å². The Morgan fingerprint density at radius 3 is 1.47 bits per heavy atom. The van der Waals surface area contributed by atoms with Crippen molar-refractivity contribution in [1.29, 1.82) is 0 Å². The molecule has 0 aliphatic heterocycles. The van der Waals surface area contributed by atoms with E-state index in [0.29, 0.717) is 6.61 Å². The molecule has 0 aromatic heterocycles. The number of rotatable bonds is 22. The van der Waals surface area contributed by atoms with Crippen LogP contribution in [0.5, 0.6) is 0 Å². The van der Waals surface area contributed by atoms with Gasteiger partial charge < -0.3 is 26.2 Å². The summed E-state index contributed by atoms with van der Waals surface area (Å²) in [5, 5.41) is 0. The zero-order valence-electron chi connectivity index (χ0n) is 20.6. The molecular weight excluding hydrogens is 438 g/mol. The Labute approximate surface area is 199 Å². The summed E-state index contributed by atoms with van der Waals surface area (Å²) in [4.78, 5) is 10.9. The van der Waals surface area contributed by atoms with Gasteiger partial charge in [0.2, 0.25) is 0 Å². The third-order valence-electron chi connectivity index (χ3n) is 5.94. The van der Waals surface area contributed by atoms with E-state index in [1.165, 1.54) is 120 Å². The van der Waals surface area contributed by atoms with Crippen LogP contribution in [-0.2, 0) is 9.53 Å². The number of hydrogen-bond donors (Lipinski definition) is 0. The highest BCUT2D eigenvalue weighted by molar-refractivity contribution is 5.81. The van der Waals surface area contributed by atoms with Gasteiger partial charge in [-0.25, -0.2) is 4.79 Å². The Morgan fingerprint density at radius 1 is 0.700 bits per heavy atom. The molecule has 4 heteroatoms.